The van der Waals surface area contributed by atoms with Gasteiger partial charge in [0.2, 0.25) is 0 Å². The maximum atomic E-state index is 5.50. The van der Waals surface area contributed by atoms with Crippen LogP contribution in [0.5, 0.6) is 0 Å². The van der Waals surface area contributed by atoms with E-state index in [0.29, 0.717) is 6.54 Å². The van der Waals surface area contributed by atoms with E-state index in [2.05, 4.69) is 17.2 Å². The summed E-state index contributed by atoms with van der Waals surface area (Å²) in [6, 6.07) is 0. The van der Waals surface area contributed by atoms with E-state index in [1.165, 1.54) is 4.88 Å². The number of hydrogen-bond donors (Lipinski definition) is 2. The van der Waals surface area contributed by atoms with Crippen LogP contribution < -0.4 is 11.1 Å². The summed E-state index contributed by atoms with van der Waals surface area (Å²) >= 11 is 1.72. The van der Waals surface area contributed by atoms with Crippen LogP contribution >= 0.6 is 11.3 Å². The average Bonchev–Trinajstić information content (AvgIpc) is 2.45. The number of nitrogens with one attached hydrogen (secondary N) is 1. The first-order valence-corrected chi connectivity index (χ1v) is 5.49. The predicted molar refractivity (Wildman–Crippen MR) is 58.4 cm³/mol. The molecule has 0 spiro atoms. The molecule has 0 atom stereocenters. The average molecular weight is 199 g/mol. The standard InChI is InChI=1S/C9H17N3S/c1-3-6-11-9-12-7(2)8(13-9)4-5-10/h3-6,10H2,1-2H3,(H,11,12). The molecule has 0 saturated heterocycles. The van der Waals surface area contributed by atoms with Crippen LogP contribution in [0.3, 0.4) is 0 Å². The summed E-state index contributed by atoms with van der Waals surface area (Å²) in [5, 5.41) is 4.31. The van der Waals surface area contributed by atoms with Crippen LogP contribution in [-0.4, -0.2) is 18.1 Å². The minimum atomic E-state index is 0.705. The maximum absolute atomic E-state index is 5.50. The van der Waals surface area contributed by atoms with E-state index in [0.717, 1.165) is 30.2 Å². The van der Waals surface area contributed by atoms with Crippen LogP contribution in [0.1, 0.15) is 23.9 Å². The Kier molecular flexibility index (Phi) is 4.18. The number of rotatable bonds is 5. The zero-order valence-corrected chi connectivity index (χ0v) is 9.08. The summed E-state index contributed by atoms with van der Waals surface area (Å²) in [6.45, 7) is 5.89. The summed E-state index contributed by atoms with van der Waals surface area (Å²) in [5.74, 6) is 0. The van der Waals surface area contributed by atoms with Gasteiger partial charge in [-0.05, 0) is 26.3 Å². The molecule has 0 amide bonds. The van der Waals surface area contributed by atoms with Crippen LogP contribution in [-0.2, 0) is 6.42 Å². The Morgan fingerprint density at radius 1 is 1.54 bits per heavy atom. The van der Waals surface area contributed by atoms with E-state index in [1.54, 1.807) is 11.3 Å². The molecule has 1 aromatic rings. The molecular weight excluding hydrogens is 182 g/mol. The predicted octanol–water partition coefficient (Wildman–Crippen LogP) is 1.77. The third kappa shape index (κ3) is 2.97. The summed E-state index contributed by atoms with van der Waals surface area (Å²) in [5.41, 5.74) is 6.62. The molecule has 74 valence electrons. The molecule has 3 nitrogen and oxygen atoms in total. The summed E-state index contributed by atoms with van der Waals surface area (Å²) in [4.78, 5) is 5.73. The second kappa shape index (κ2) is 5.19. The first kappa shape index (κ1) is 10.5. The van der Waals surface area contributed by atoms with E-state index in [-0.39, 0.29) is 0 Å². The third-order valence-electron chi connectivity index (χ3n) is 1.79. The molecule has 3 N–H and O–H groups in total. The van der Waals surface area contributed by atoms with Crippen molar-refractivity contribution in [2.24, 2.45) is 5.73 Å². The Morgan fingerprint density at radius 2 is 2.31 bits per heavy atom. The molecular formula is C9H17N3S. The summed E-state index contributed by atoms with van der Waals surface area (Å²) in [6.07, 6.45) is 2.07. The van der Waals surface area contributed by atoms with Gasteiger partial charge in [-0.2, -0.15) is 0 Å². The Morgan fingerprint density at radius 3 is 2.92 bits per heavy atom. The van der Waals surface area contributed by atoms with Gasteiger partial charge in [-0.1, -0.05) is 6.92 Å². The normalized spacial score (nSPS) is 10.4. The number of aromatic nitrogens is 1. The number of hydrogen-bond acceptors (Lipinski definition) is 4. The fourth-order valence-corrected chi connectivity index (χ4v) is 2.10. The van der Waals surface area contributed by atoms with Gasteiger partial charge >= 0.3 is 0 Å². The molecule has 0 fully saturated rings. The van der Waals surface area contributed by atoms with Crippen molar-refractivity contribution in [3.63, 3.8) is 0 Å². The van der Waals surface area contributed by atoms with Crippen molar-refractivity contribution in [1.29, 1.82) is 0 Å². The van der Waals surface area contributed by atoms with Crippen molar-refractivity contribution in [2.45, 2.75) is 26.7 Å². The highest BCUT2D eigenvalue weighted by atomic mass is 32.1. The minimum absolute atomic E-state index is 0.705. The lowest BCUT2D eigenvalue weighted by Gasteiger charge is -1.96. The molecule has 0 saturated carbocycles. The van der Waals surface area contributed by atoms with Crippen molar-refractivity contribution < 1.29 is 0 Å². The lowest BCUT2D eigenvalue weighted by atomic mass is 10.3. The maximum Gasteiger partial charge on any atom is 0.183 e. The van der Waals surface area contributed by atoms with Crippen molar-refractivity contribution in [3.8, 4) is 0 Å². The Hall–Kier alpha value is -0.610. The van der Waals surface area contributed by atoms with Gasteiger partial charge in [-0.15, -0.1) is 11.3 Å². The fraction of sp³-hybridized carbons (Fsp3) is 0.667. The molecule has 1 heterocycles. The van der Waals surface area contributed by atoms with Gasteiger partial charge < -0.3 is 11.1 Å². The highest BCUT2D eigenvalue weighted by molar-refractivity contribution is 7.15. The van der Waals surface area contributed by atoms with Crippen molar-refractivity contribution in [3.05, 3.63) is 10.6 Å². The second-order valence-corrected chi connectivity index (χ2v) is 4.08. The quantitative estimate of drug-likeness (QED) is 0.760. The molecule has 1 aromatic heterocycles. The number of nitrogens with zero attached hydrogens (tertiary/aromatic N) is 1. The molecule has 13 heavy (non-hydrogen) atoms. The first-order chi connectivity index (χ1) is 6.27. The lowest BCUT2D eigenvalue weighted by Crippen LogP contribution is -2.01. The topological polar surface area (TPSA) is 50.9 Å². The van der Waals surface area contributed by atoms with Crippen molar-refractivity contribution in [2.75, 3.05) is 18.4 Å². The molecule has 0 radical (unpaired) electrons. The van der Waals surface area contributed by atoms with E-state index in [4.69, 9.17) is 5.73 Å². The van der Waals surface area contributed by atoms with Gasteiger partial charge in [0, 0.05) is 11.4 Å². The first-order valence-electron chi connectivity index (χ1n) is 4.68. The van der Waals surface area contributed by atoms with E-state index < -0.39 is 0 Å². The lowest BCUT2D eigenvalue weighted by molar-refractivity contribution is 0.963. The SMILES string of the molecule is CCCNc1nc(C)c(CCN)s1. The number of thiazole rings is 1. The van der Waals surface area contributed by atoms with Crippen LogP contribution in [0.2, 0.25) is 0 Å². The zero-order chi connectivity index (χ0) is 9.68. The van der Waals surface area contributed by atoms with Gasteiger partial charge in [0.15, 0.2) is 5.13 Å². The third-order valence-corrected chi connectivity index (χ3v) is 2.97. The zero-order valence-electron chi connectivity index (χ0n) is 8.26. The monoisotopic (exact) mass is 199 g/mol. The minimum Gasteiger partial charge on any atom is -0.362 e. The van der Waals surface area contributed by atoms with Crippen LogP contribution in [0.4, 0.5) is 5.13 Å². The highest BCUT2D eigenvalue weighted by Gasteiger charge is 2.05. The molecule has 1 rings (SSSR count). The Labute approximate surface area is 83.4 Å². The molecule has 0 bridgehead atoms. The summed E-state index contributed by atoms with van der Waals surface area (Å²) in [7, 11) is 0. The van der Waals surface area contributed by atoms with E-state index in [9.17, 15) is 0 Å². The van der Waals surface area contributed by atoms with Crippen LogP contribution in [0, 0.1) is 6.92 Å². The smallest absolute Gasteiger partial charge is 0.183 e. The van der Waals surface area contributed by atoms with Gasteiger partial charge in [0.25, 0.3) is 0 Å². The molecule has 0 unspecified atom stereocenters. The number of anilines is 1. The largest absolute Gasteiger partial charge is 0.362 e. The van der Waals surface area contributed by atoms with Crippen LogP contribution in [0.25, 0.3) is 0 Å². The molecule has 0 aromatic carbocycles. The van der Waals surface area contributed by atoms with Gasteiger partial charge in [0.1, 0.15) is 0 Å². The van der Waals surface area contributed by atoms with Crippen molar-refractivity contribution >= 4 is 16.5 Å². The molecule has 4 heteroatoms. The van der Waals surface area contributed by atoms with Crippen LogP contribution in [0.15, 0.2) is 0 Å². The fourth-order valence-electron chi connectivity index (χ4n) is 1.10. The van der Waals surface area contributed by atoms with E-state index in [1.807, 2.05) is 6.92 Å². The Bertz CT molecular complexity index is 257. The van der Waals surface area contributed by atoms with Gasteiger partial charge in [-0.3, -0.25) is 0 Å². The highest BCUT2D eigenvalue weighted by Crippen LogP contribution is 2.22. The van der Waals surface area contributed by atoms with E-state index >= 15 is 0 Å². The second-order valence-electron chi connectivity index (χ2n) is 2.99. The summed E-state index contributed by atoms with van der Waals surface area (Å²) < 4.78 is 0. The van der Waals surface area contributed by atoms with Gasteiger partial charge in [0.05, 0.1) is 5.69 Å². The molecule has 0 aliphatic carbocycles. The molecule has 0 aliphatic rings. The Balaban J connectivity index is 2.59. The van der Waals surface area contributed by atoms with Crippen molar-refractivity contribution in [1.82, 2.24) is 4.98 Å². The van der Waals surface area contributed by atoms with Gasteiger partial charge in [-0.25, -0.2) is 4.98 Å². The number of aryl methyl sites for hydroxylation is 1. The number of nitrogens with two attached hydrogens (primary N) is 1. The molecule has 0 aliphatic heterocycles.